The summed E-state index contributed by atoms with van der Waals surface area (Å²) in [6, 6.07) is 9.20. The van der Waals surface area contributed by atoms with Gasteiger partial charge in [-0.1, -0.05) is 0 Å². The maximum Gasteiger partial charge on any atom is 0.416 e. The minimum atomic E-state index is -4.55. The van der Waals surface area contributed by atoms with Gasteiger partial charge in [-0.05, 0) is 43.5 Å². The molecule has 6 rings (SSSR count). The number of nitrogens with one attached hydrogen (secondary N) is 2. The monoisotopic (exact) mass is 520 g/mol. The molecule has 0 atom stereocenters. The molecule has 0 radical (unpaired) electrons. The topological polar surface area (TPSA) is 101 Å². The quantitative estimate of drug-likeness (QED) is 0.315. The van der Waals surface area contributed by atoms with Crippen molar-refractivity contribution in [2.75, 3.05) is 28.6 Å². The summed E-state index contributed by atoms with van der Waals surface area (Å²) in [4.78, 5) is 19.5. The lowest BCUT2D eigenvalue weighted by Crippen LogP contribution is -2.30. The van der Waals surface area contributed by atoms with Crippen molar-refractivity contribution in [3.8, 4) is 5.69 Å². The number of piperidine rings is 1. The molecule has 1 aliphatic heterocycles. The first kappa shape index (κ1) is 23.7. The number of fused-ring (bicyclic) bond motifs is 1. The van der Waals surface area contributed by atoms with Crippen LogP contribution in [-0.2, 0) is 6.18 Å². The minimum Gasteiger partial charge on any atom is -0.356 e. The van der Waals surface area contributed by atoms with Crippen molar-refractivity contribution in [3.05, 3.63) is 73.2 Å². The third-order valence-electron chi connectivity index (χ3n) is 6.25. The van der Waals surface area contributed by atoms with E-state index in [4.69, 9.17) is 0 Å². The first-order chi connectivity index (χ1) is 18.4. The number of halogens is 3. The highest BCUT2D eigenvalue weighted by Crippen LogP contribution is 2.34. The molecule has 1 saturated heterocycles. The standard InChI is InChI=1S/C25H23F3N10/c26-25(27,28)17-10-19(12-20(11-17)38-16-29-15-31-38)33-24-34-21(14-23(35-24)36-6-2-1-3-7-36)32-18-4-8-37-9-5-30-22(37)13-18/h4-5,8-16H,1-3,6-7H2,(H2,32,33,34,35). The van der Waals surface area contributed by atoms with Crippen molar-refractivity contribution < 1.29 is 13.2 Å². The van der Waals surface area contributed by atoms with Crippen molar-refractivity contribution in [1.29, 1.82) is 0 Å². The first-order valence-electron chi connectivity index (χ1n) is 12.1. The van der Waals surface area contributed by atoms with E-state index in [2.05, 4.69) is 40.6 Å². The SMILES string of the molecule is FC(F)(F)c1cc(Nc2nc(Nc3ccn4ccnc4c3)cc(N3CCCCC3)n2)cc(-n2cncn2)c1. The van der Waals surface area contributed by atoms with Gasteiger partial charge >= 0.3 is 6.18 Å². The molecule has 0 unspecified atom stereocenters. The second kappa shape index (κ2) is 9.65. The average molecular weight is 521 g/mol. The molecule has 5 aromatic rings. The zero-order valence-electron chi connectivity index (χ0n) is 20.1. The van der Waals surface area contributed by atoms with Gasteiger partial charge in [-0.25, -0.2) is 14.6 Å². The van der Waals surface area contributed by atoms with Crippen LogP contribution in [0.5, 0.6) is 0 Å². The van der Waals surface area contributed by atoms with Crippen molar-refractivity contribution >= 4 is 34.6 Å². The summed E-state index contributed by atoms with van der Waals surface area (Å²) in [5.41, 5.74) is 1.09. The fraction of sp³-hybridized carbons (Fsp3) is 0.240. The van der Waals surface area contributed by atoms with E-state index in [1.807, 2.05) is 35.0 Å². The number of hydrogen-bond donors (Lipinski definition) is 2. The molecule has 0 spiro atoms. The molecule has 10 nitrogen and oxygen atoms in total. The van der Waals surface area contributed by atoms with Crippen LogP contribution in [0.15, 0.2) is 67.6 Å². The lowest BCUT2D eigenvalue weighted by molar-refractivity contribution is -0.137. The van der Waals surface area contributed by atoms with Gasteiger partial charge in [-0.2, -0.15) is 28.2 Å². The molecule has 194 valence electrons. The number of aromatic nitrogens is 7. The Labute approximate surface area is 215 Å². The van der Waals surface area contributed by atoms with Gasteiger partial charge in [0.25, 0.3) is 0 Å². The highest BCUT2D eigenvalue weighted by atomic mass is 19.4. The van der Waals surface area contributed by atoms with Crippen LogP contribution in [0.25, 0.3) is 11.3 Å². The van der Waals surface area contributed by atoms with Crippen LogP contribution in [-0.4, -0.2) is 47.2 Å². The van der Waals surface area contributed by atoms with Crippen LogP contribution in [0, 0.1) is 0 Å². The average Bonchev–Trinajstić information content (AvgIpc) is 3.61. The Kier molecular flexibility index (Phi) is 6.02. The summed E-state index contributed by atoms with van der Waals surface area (Å²) in [5.74, 6) is 1.36. The number of pyridine rings is 1. The number of hydrogen-bond acceptors (Lipinski definition) is 8. The van der Waals surface area contributed by atoms with Crippen molar-refractivity contribution in [2.24, 2.45) is 0 Å². The molecule has 1 aromatic carbocycles. The van der Waals surface area contributed by atoms with E-state index in [0.29, 0.717) is 11.6 Å². The van der Waals surface area contributed by atoms with Gasteiger partial charge in [0, 0.05) is 55.2 Å². The number of imidazole rings is 1. The van der Waals surface area contributed by atoms with E-state index in [1.54, 1.807) is 12.3 Å². The van der Waals surface area contributed by atoms with Crippen molar-refractivity contribution in [2.45, 2.75) is 25.4 Å². The van der Waals surface area contributed by atoms with Gasteiger partial charge in [0.2, 0.25) is 5.95 Å². The maximum absolute atomic E-state index is 13.7. The Bertz CT molecular complexity index is 1560. The third kappa shape index (κ3) is 5.08. The molecule has 13 heteroatoms. The molecule has 1 aliphatic rings. The minimum absolute atomic E-state index is 0.168. The summed E-state index contributed by atoms with van der Waals surface area (Å²) in [7, 11) is 0. The van der Waals surface area contributed by atoms with Gasteiger partial charge < -0.3 is 19.9 Å². The molecule has 0 amide bonds. The summed E-state index contributed by atoms with van der Waals surface area (Å²) in [6.07, 6.45) is 6.72. The fourth-order valence-corrected chi connectivity index (χ4v) is 4.43. The Hall–Kier alpha value is -4.68. The van der Waals surface area contributed by atoms with Gasteiger partial charge in [-0.3, -0.25) is 0 Å². The van der Waals surface area contributed by atoms with E-state index in [-0.39, 0.29) is 17.3 Å². The van der Waals surface area contributed by atoms with Gasteiger partial charge in [0.05, 0.1) is 11.3 Å². The predicted octanol–water partition coefficient (Wildman–Crippen LogP) is 5.20. The molecule has 1 fully saturated rings. The van der Waals surface area contributed by atoms with Crippen LogP contribution in [0.3, 0.4) is 0 Å². The Morgan fingerprint density at radius 3 is 2.53 bits per heavy atom. The number of rotatable bonds is 6. The molecule has 5 heterocycles. The van der Waals surface area contributed by atoms with Gasteiger partial charge in [-0.15, -0.1) is 0 Å². The molecule has 0 bridgehead atoms. The fourth-order valence-electron chi connectivity index (χ4n) is 4.43. The second-order valence-electron chi connectivity index (χ2n) is 8.95. The summed E-state index contributed by atoms with van der Waals surface area (Å²) >= 11 is 0. The highest BCUT2D eigenvalue weighted by Gasteiger charge is 2.31. The summed E-state index contributed by atoms with van der Waals surface area (Å²) < 4.78 is 44.3. The number of anilines is 5. The summed E-state index contributed by atoms with van der Waals surface area (Å²) in [6.45, 7) is 1.69. The lowest BCUT2D eigenvalue weighted by atomic mass is 10.1. The summed E-state index contributed by atoms with van der Waals surface area (Å²) in [5, 5.41) is 10.2. The number of nitrogens with zero attached hydrogens (tertiary/aromatic N) is 8. The van der Waals surface area contributed by atoms with E-state index in [9.17, 15) is 13.2 Å². The van der Waals surface area contributed by atoms with Crippen LogP contribution >= 0.6 is 0 Å². The number of benzene rings is 1. The van der Waals surface area contributed by atoms with Gasteiger partial charge in [0.1, 0.15) is 29.9 Å². The molecule has 2 N–H and O–H groups in total. The predicted molar refractivity (Wildman–Crippen MR) is 136 cm³/mol. The van der Waals surface area contributed by atoms with Gasteiger partial charge in [0.15, 0.2) is 0 Å². The van der Waals surface area contributed by atoms with Crippen LogP contribution < -0.4 is 15.5 Å². The van der Waals surface area contributed by atoms with Crippen LogP contribution in [0.1, 0.15) is 24.8 Å². The first-order valence-corrected chi connectivity index (χ1v) is 12.1. The van der Waals surface area contributed by atoms with E-state index < -0.39 is 11.7 Å². The van der Waals surface area contributed by atoms with E-state index >= 15 is 0 Å². The second-order valence-corrected chi connectivity index (χ2v) is 8.95. The normalized spacial score (nSPS) is 14.1. The largest absolute Gasteiger partial charge is 0.416 e. The molecular weight excluding hydrogens is 497 g/mol. The Morgan fingerprint density at radius 2 is 1.74 bits per heavy atom. The molecule has 0 saturated carbocycles. The highest BCUT2D eigenvalue weighted by molar-refractivity contribution is 5.67. The van der Waals surface area contributed by atoms with E-state index in [1.165, 1.54) is 17.3 Å². The van der Waals surface area contributed by atoms with Crippen molar-refractivity contribution in [3.63, 3.8) is 0 Å². The zero-order chi connectivity index (χ0) is 26.1. The molecule has 0 aliphatic carbocycles. The van der Waals surface area contributed by atoms with E-state index in [0.717, 1.165) is 55.8 Å². The zero-order valence-corrected chi connectivity index (χ0v) is 20.1. The van der Waals surface area contributed by atoms with Crippen LogP contribution in [0.2, 0.25) is 0 Å². The Morgan fingerprint density at radius 1 is 0.868 bits per heavy atom. The Balaban J connectivity index is 1.37. The van der Waals surface area contributed by atoms with Crippen LogP contribution in [0.4, 0.5) is 42.1 Å². The number of alkyl halides is 3. The molecule has 4 aromatic heterocycles. The molecular formula is C25H23F3N10. The third-order valence-corrected chi connectivity index (χ3v) is 6.25. The lowest BCUT2D eigenvalue weighted by Gasteiger charge is -2.28. The maximum atomic E-state index is 13.7. The molecule has 38 heavy (non-hydrogen) atoms. The van der Waals surface area contributed by atoms with Crippen molar-refractivity contribution in [1.82, 2.24) is 34.1 Å². The smallest absolute Gasteiger partial charge is 0.356 e.